The summed E-state index contributed by atoms with van der Waals surface area (Å²) in [5.41, 5.74) is 0. The van der Waals surface area contributed by atoms with Gasteiger partial charge in [-0.25, -0.2) is 4.39 Å². The van der Waals surface area contributed by atoms with Crippen LogP contribution in [0, 0.1) is 0 Å². The molecule has 0 saturated carbocycles. The van der Waals surface area contributed by atoms with Gasteiger partial charge in [-0.15, -0.1) is 0 Å². The molecule has 1 rings (SSSR count). The summed E-state index contributed by atoms with van der Waals surface area (Å²) in [7, 11) is 6.88. The molecule has 1 saturated heterocycles. The summed E-state index contributed by atoms with van der Waals surface area (Å²) in [6, 6.07) is -1.06. The molecule has 0 spiro atoms. The molecule has 16 heavy (non-hydrogen) atoms. The molecule has 0 aromatic heterocycles. The summed E-state index contributed by atoms with van der Waals surface area (Å²) in [5, 5.41) is 0. The fourth-order valence-corrected chi connectivity index (χ4v) is 2.52. The topological polar surface area (TPSA) is 47.9 Å². The van der Waals surface area contributed by atoms with E-state index >= 15 is 0 Å². The van der Waals surface area contributed by atoms with E-state index in [1.165, 1.54) is 7.11 Å². The summed E-state index contributed by atoms with van der Waals surface area (Å²) >= 11 is 4.85. The molecule has 2 unspecified atom stereocenters. The Hall–Kier alpha value is 0.485. The predicted octanol–water partition coefficient (Wildman–Crippen LogP) is 0.571. The lowest BCUT2D eigenvalue weighted by atomic mass is 9.94. The van der Waals surface area contributed by atoms with Crippen LogP contribution in [0.15, 0.2) is 0 Å². The van der Waals surface area contributed by atoms with Gasteiger partial charge in [-0.3, -0.25) is 0 Å². The molecule has 1 N–H and O–H groups in total. The van der Waals surface area contributed by atoms with Crippen molar-refractivity contribution in [3.63, 3.8) is 0 Å². The minimum Gasteiger partial charge on any atom is -0.382 e. The first-order chi connectivity index (χ1) is 7.41. The van der Waals surface area contributed by atoms with Gasteiger partial charge in [0.05, 0.1) is 12.6 Å². The SMILES string of the molecule is [B][C@@H]1O[C@H](COC)C(OP(O)(=S)CC)[C@H]1F. The molecule has 92 valence electrons. The fourth-order valence-electron chi connectivity index (χ4n) is 1.44. The zero-order valence-electron chi connectivity index (χ0n) is 9.21. The van der Waals surface area contributed by atoms with Gasteiger partial charge in [-0.2, -0.15) is 0 Å². The highest BCUT2D eigenvalue weighted by atomic mass is 32.5. The van der Waals surface area contributed by atoms with E-state index in [-0.39, 0.29) is 12.8 Å². The third kappa shape index (κ3) is 3.49. The van der Waals surface area contributed by atoms with Gasteiger partial charge in [-0.1, -0.05) is 6.92 Å². The van der Waals surface area contributed by atoms with E-state index in [2.05, 4.69) is 0 Å². The van der Waals surface area contributed by atoms with Crippen molar-refractivity contribution in [3.05, 3.63) is 0 Å². The van der Waals surface area contributed by atoms with Crippen LogP contribution in [0.4, 0.5) is 4.39 Å². The Kier molecular flexibility index (Phi) is 5.36. The Morgan fingerprint density at radius 1 is 1.62 bits per heavy atom. The number of hydrogen-bond acceptors (Lipinski definition) is 4. The molecule has 0 amide bonds. The second kappa shape index (κ2) is 5.89. The number of ether oxygens (including phenoxy) is 2. The average molecular weight is 268 g/mol. The standard InChI is InChI=1S/C8H15BFO4PS/c1-3-15(11,16)14-7-5(4-12-2)13-8(9)6(7)10/h5-8H,3-4H2,1-2H3,(H,11,16)/t5-,6-,7?,8-,15?/m1/s1. The maximum atomic E-state index is 13.7. The van der Waals surface area contributed by atoms with Gasteiger partial charge in [0, 0.05) is 13.3 Å². The number of rotatable bonds is 5. The van der Waals surface area contributed by atoms with Gasteiger partial charge in [0.25, 0.3) is 0 Å². The molecule has 2 radical (unpaired) electrons. The first-order valence-corrected chi connectivity index (χ1v) is 7.81. The molecule has 1 fully saturated rings. The highest BCUT2D eigenvalue weighted by molar-refractivity contribution is 8.09. The van der Waals surface area contributed by atoms with Crippen LogP contribution in [0.3, 0.4) is 0 Å². The fraction of sp³-hybridized carbons (Fsp3) is 1.00. The Labute approximate surface area is 101 Å². The van der Waals surface area contributed by atoms with Gasteiger partial charge in [0.15, 0.2) is 6.49 Å². The Morgan fingerprint density at radius 2 is 2.25 bits per heavy atom. The van der Waals surface area contributed by atoms with E-state index in [1.807, 2.05) is 0 Å². The lowest BCUT2D eigenvalue weighted by molar-refractivity contribution is -0.0107. The minimum atomic E-state index is -2.95. The monoisotopic (exact) mass is 268 g/mol. The molecule has 0 aliphatic carbocycles. The van der Waals surface area contributed by atoms with Crippen molar-refractivity contribution in [2.24, 2.45) is 0 Å². The summed E-state index contributed by atoms with van der Waals surface area (Å²) in [4.78, 5) is 9.67. The van der Waals surface area contributed by atoms with Crippen molar-refractivity contribution < 1.29 is 23.3 Å². The van der Waals surface area contributed by atoms with Crippen LogP contribution in [0.5, 0.6) is 0 Å². The van der Waals surface area contributed by atoms with Crippen LogP contribution >= 0.6 is 6.49 Å². The van der Waals surface area contributed by atoms with Crippen LogP contribution in [-0.2, 0) is 25.8 Å². The molecule has 0 aromatic rings. The summed E-state index contributed by atoms with van der Waals surface area (Å²) in [6.07, 6.45) is -2.80. The van der Waals surface area contributed by atoms with E-state index in [9.17, 15) is 9.28 Å². The lowest BCUT2D eigenvalue weighted by Gasteiger charge is -2.24. The first kappa shape index (κ1) is 14.5. The first-order valence-electron chi connectivity index (χ1n) is 4.95. The Bertz CT molecular complexity index is 283. The van der Waals surface area contributed by atoms with Crippen molar-refractivity contribution in [3.8, 4) is 0 Å². The zero-order valence-corrected chi connectivity index (χ0v) is 10.9. The molecule has 5 atom stereocenters. The average Bonchev–Trinajstić information content (AvgIpc) is 2.47. The molecule has 8 heteroatoms. The predicted molar refractivity (Wildman–Crippen MR) is 63.1 cm³/mol. The molecular formula is C8H15BFO4PS. The number of methoxy groups -OCH3 is 1. The molecule has 1 aliphatic rings. The largest absolute Gasteiger partial charge is 0.382 e. The maximum absolute atomic E-state index is 13.7. The molecule has 0 bridgehead atoms. The number of alkyl halides is 1. The molecule has 0 aromatic carbocycles. The van der Waals surface area contributed by atoms with Crippen molar-refractivity contribution in [1.29, 1.82) is 0 Å². The third-order valence-electron chi connectivity index (χ3n) is 2.34. The highest BCUT2D eigenvalue weighted by Crippen LogP contribution is 2.46. The van der Waals surface area contributed by atoms with Gasteiger partial charge < -0.3 is 18.9 Å². The highest BCUT2D eigenvalue weighted by Gasteiger charge is 2.45. The third-order valence-corrected chi connectivity index (χ3v) is 4.75. The second-order valence-corrected chi connectivity index (χ2v) is 7.39. The van der Waals surface area contributed by atoms with Crippen molar-refractivity contribution >= 4 is 26.1 Å². The summed E-state index contributed by atoms with van der Waals surface area (Å²) in [5.74, 6) is 0. The maximum Gasteiger partial charge on any atom is 0.186 e. The Balaban J connectivity index is 2.70. The van der Waals surface area contributed by atoms with E-state index in [0.717, 1.165) is 0 Å². The van der Waals surface area contributed by atoms with E-state index in [0.29, 0.717) is 0 Å². The van der Waals surface area contributed by atoms with Crippen molar-refractivity contribution in [2.75, 3.05) is 19.9 Å². The quantitative estimate of drug-likeness (QED) is 0.583. The summed E-state index contributed by atoms with van der Waals surface area (Å²) in [6.45, 7) is -1.11. The van der Waals surface area contributed by atoms with Gasteiger partial charge in [0.2, 0.25) is 0 Å². The smallest absolute Gasteiger partial charge is 0.186 e. The minimum absolute atomic E-state index is 0.151. The molecule has 4 nitrogen and oxygen atoms in total. The van der Waals surface area contributed by atoms with Crippen LogP contribution < -0.4 is 0 Å². The van der Waals surface area contributed by atoms with Crippen molar-refractivity contribution in [2.45, 2.75) is 31.3 Å². The van der Waals surface area contributed by atoms with Gasteiger partial charge >= 0.3 is 0 Å². The van der Waals surface area contributed by atoms with Crippen LogP contribution in [0.1, 0.15) is 6.92 Å². The second-order valence-electron chi connectivity index (χ2n) is 3.56. The van der Waals surface area contributed by atoms with Crippen molar-refractivity contribution in [1.82, 2.24) is 0 Å². The van der Waals surface area contributed by atoms with Crippen LogP contribution in [0.2, 0.25) is 0 Å². The summed E-state index contributed by atoms with van der Waals surface area (Å²) < 4.78 is 28.9. The molecule has 1 aliphatic heterocycles. The normalized spacial score (nSPS) is 38.5. The van der Waals surface area contributed by atoms with E-state index in [4.69, 9.17) is 33.7 Å². The van der Waals surface area contributed by atoms with Crippen LogP contribution in [0.25, 0.3) is 0 Å². The Morgan fingerprint density at radius 3 is 2.75 bits per heavy atom. The molecular weight excluding hydrogens is 253 g/mol. The van der Waals surface area contributed by atoms with Gasteiger partial charge in [-0.05, 0) is 11.8 Å². The van der Waals surface area contributed by atoms with E-state index in [1.54, 1.807) is 6.92 Å². The number of hydrogen-bond donors (Lipinski definition) is 1. The zero-order chi connectivity index (χ0) is 12.3. The van der Waals surface area contributed by atoms with Crippen LogP contribution in [-0.4, -0.2) is 57.0 Å². The number of halogens is 1. The van der Waals surface area contributed by atoms with E-state index < -0.39 is 30.9 Å². The molecule has 1 heterocycles. The van der Waals surface area contributed by atoms with Gasteiger partial charge in [0.1, 0.15) is 26.2 Å². The lowest BCUT2D eigenvalue weighted by Crippen LogP contribution is -2.34.